The molecule has 0 aliphatic heterocycles. The molecule has 0 saturated carbocycles. The van der Waals surface area contributed by atoms with Gasteiger partial charge in [0, 0.05) is 4.47 Å². The molecule has 2 aromatic rings. The average Bonchev–Trinajstić information content (AvgIpc) is 2.73. The molecule has 0 saturated heterocycles. The first-order valence-electron chi connectivity index (χ1n) is 5.44. The zero-order valence-corrected chi connectivity index (χ0v) is 11.4. The van der Waals surface area contributed by atoms with Gasteiger partial charge in [-0.3, -0.25) is 4.79 Å². The lowest BCUT2D eigenvalue weighted by molar-refractivity contribution is -0.120. The topological polar surface area (TPSA) is 68.0 Å². The number of aryl methyl sites for hydroxylation is 1. The van der Waals surface area contributed by atoms with Crippen molar-refractivity contribution in [3.8, 4) is 0 Å². The molecule has 0 bridgehead atoms. The zero-order valence-electron chi connectivity index (χ0n) is 9.81. The van der Waals surface area contributed by atoms with Gasteiger partial charge in [0.15, 0.2) is 5.82 Å². The lowest BCUT2D eigenvalue weighted by atomic mass is 10.1. The number of rotatable bonds is 4. The standard InChI is InChI=1S/C12H12BrN3O2/c1-8-15-12(18-16-8)7-14-11(17)6-9-3-2-4-10(13)5-9/h2-5H,6-7H2,1H3,(H,14,17). The van der Waals surface area contributed by atoms with Crippen molar-refractivity contribution in [3.05, 3.63) is 46.0 Å². The van der Waals surface area contributed by atoms with Crippen LogP contribution in [0.15, 0.2) is 33.3 Å². The van der Waals surface area contributed by atoms with Gasteiger partial charge in [-0.1, -0.05) is 33.2 Å². The molecule has 94 valence electrons. The lowest BCUT2D eigenvalue weighted by Crippen LogP contribution is -2.24. The summed E-state index contributed by atoms with van der Waals surface area (Å²) in [7, 11) is 0. The molecule has 1 aromatic heterocycles. The molecule has 0 radical (unpaired) electrons. The summed E-state index contributed by atoms with van der Waals surface area (Å²) in [6.45, 7) is 1.99. The molecular formula is C12H12BrN3O2. The third-order valence-corrected chi connectivity index (χ3v) is 2.75. The zero-order chi connectivity index (χ0) is 13.0. The minimum absolute atomic E-state index is 0.0797. The van der Waals surface area contributed by atoms with Crippen molar-refractivity contribution >= 4 is 21.8 Å². The van der Waals surface area contributed by atoms with Gasteiger partial charge < -0.3 is 9.84 Å². The number of carbonyl (C=O) groups excluding carboxylic acids is 1. The van der Waals surface area contributed by atoms with Crippen molar-refractivity contribution in [1.29, 1.82) is 0 Å². The molecule has 2 rings (SSSR count). The van der Waals surface area contributed by atoms with Gasteiger partial charge in [-0.05, 0) is 24.6 Å². The van der Waals surface area contributed by atoms with E-state index in [0.717, 1.165) is 10.0 Å². The van der Waals surface area contributed by atoms with Crippen LogP contribution in [0.2, 0.25) is 0 Å². The Labute approximate surface area is 113 Å². The third-order valence-electron chi connectivity index (χ3n) is 2.26. The molecule has 0 atom stereocenters. The van der Waals surface area contributed by atoms with E-state index in [9.17, 15) is 4.79 Å². The van der Waals surface area contributed by atoms with E-state index in [1.807, 2.05) is 24.3 Å². The molecule has 1 N–H and O–H groups in total. The summed E-state index contributed by atoms with van der Waals surface area (Å²) in [5.41, 5.74) is 0.948. The third kappa shape index (κ3) is 3.66. The van der Waals surface area contributed by atoms with Crippen LogP contribution in [0.4, 0.5) is 0 Å². The highest BCUT2D eigenvalue weighted by molar-refractivity contribution is 9.10. The molecule has 1 aromatic carbocycles. The monoisotopic (exact) mass is 309 g/mol. The minimum atomic E-state index is -0.0797. The summed E-state index contributed by atoms with van der Waals surface area (Å²) in [6, 6.07) is 7.63. The van der Waals surface area contributed by atoms with E-state index in [1.165, 1.54) is 0 Å². The van der Waals surface area contributed by atoms with Crippen molar-refractivity contribution in [2.75, 3.05) is 0 Å². The Morgan fingerprint density at radius 3 is 3.00 bits per heavy atom. The van der Waals surface area contributed by atoms with Gasteiger partial charge in [0.1, 0.15) is 0 Å². The van der Waals surface area contributed by atoms with Crippen LogP contribution in [-0.2, 0) is 17.8 Å². The van der Waals surface area contributed by atoms with Crippen LogP contribution in [0.1, 0.15) is 17.3 Å². The van der Waals surface area contributed by atoms with Gasteiger partial charge in [0.2, 0.25) is 11.8 Å². The highest BCUT2D eigenvalue weighted by Gasteiger charge is 2.07. The number of hydrogen-bond acceptors (Lipinski definition) is 4. The minimum Gasteiger partial charge on any atom is -0.347 e. The van der Waals surface area contributed by atoms with Crippen molar-refractivity contribution in [2.24, 2.45) is 0 Å². The second-order valence-corrected chi connectivity index (χ2v) is 4.73. The first-order valence-corrected chi connectivity index (χ1v) is 6.23. The molecular weight excluding hydrogens is 298 g/mol. The molecule has 0 fully saturated rings. The second-order valence-electron chi connectivity index (χ2n) is 3.82. The molecule has 0 spiro atoms. The smallest absolute Gasteiger partial charge is 0.246 e. The Morgan fingerprint density at radius 2 is 2.33 bits per heavy atom. The van der Waals surface area contributed by atoms with E-state index < -0.39 is 0 Å². The van der Waals surface area contributed by atoms with Crippen LogP contribution in [-0.4, -0.2) is 16.0 Å². The second kappa shape index (κ2) is 5.77. The number of aromatic nitrogens is 2. The maximum atomic E-state index is 11.7. The number of nitrogens with one attached hydrogen (secondary N) is 1. The molecule has 1 heterocycles. The SMILES string of the molecule is Cc1noc(CNC(=O)Cc2cccc(Br)c2)n1. The van der Waals surface area contributed by atoms with E-state index in [2.05, 4.69) is 31.4 Å². The number of carbonyl (C=O) groups is 1. The van der Waals surface area contributed by atoms with Gasteiger partial charge in [0.25, 0.3) is 0 Å². The highest BCUT2D eigenvalue weighted by atomic mass is 79.9. The van der Waals surface area contributed by atoms with Crippen molar-refractivity contribution in [3.63, 3.8) is 0 Å². The van der Waals surface area contributed by atoms with Crippen molar-refractivity contribution in [1.82, 2.24) is 15.5 Å². The van der Waals surface area contributed by atoms with Gasteiger partial charge in [-0.2, -0.15) is 4.98 Å². The average molecular weight is 310 g/mol. The molecule has 0 aliphatic rings. The number of hydrogen-bond donors (Lipinski definition) is 1. The van der Waals surface area contributed by atoms with E-state index >= 15 is 0 Å². The predicted octanol–water partition coefficient (Wildman–Crippen LogP) is 2.00. The number of nitrogens with zero attached hydrogens (tertiary/aromatic N) is 2. The van der Waals surface area contributed by atoms with Crippen LogP contribution in [0.5, 0.6) is 0 Å². The first-order chi connectivity index (χ1) is 8.63. The Hall–Kier alpha value is -1.69. The van der Waals surface area contributed by atoms with Crippen LogP contribution in [0, 0.1) is 6.92 Å². The van der Waals surface area contributed by atoms with Crippen LogP contribution < -0.4 is 5.32 Å². The van der Waals surface area contributed by atoms with Gasteiger partial charge in [-0.15, -0.1) is 0 Å². The van der Waals surface area contributed by atoms with E-state index in [1.54, 1.807) is 6.92 Å². The number of benzene rings is 1. The summed E-state index contributed by atoms with van der Waals surface area (Å²) >= 11 is 3.37. The van der Waals surface area contributed by atoms with Gasteiger partial charge in [0.05, 0.1) is 13.0 Å². The largest absolute Gasteiger partial charge is 0.347 e. The van der Waals surface area contributed by atoms with Crippen molar-refractivity contribution in [2.45, 2.75) is 19.9 Å². The Morgan fingerprint density at radius 1 is 1.50 bits per heavy atom. The highest BCUT2D eigenvalue weighted by Crippen LogP contribution is 2.11. The fourth-order valence-electron chi connectivity index (χ4n) is 1.48. The Bertz CT molecular complexity index is 554. The number of halogens is 1. The molecule has 0 unspecified atom stereocenters. The summed E-state index contributed by atoms with van der Waals surface area (Å²) in [5, 5.41) is 6.38. The number of amides is 1. The summed E-state index contributed by atoms with van der Waals surface area (Å²) in [6.07, 6.45) is 0.326. The molecule has 5 nitrogen and oxygen atoms in total. The quantitative estimate of drug-likeness (QED) is 0.938. The molecule has 18 heavy (non-hydrogen) atoms. The Balaban J connectivity index is 1.85. The van der Waals surface area contributed by atoms with Crippen molar-refractivity contribution < 1.29 is 9.32 Å². The normalized spacial score (nSPS) is 10.3. The summed E-state index contributed by atoms with van der Waals surface area (Å²) < 4.78 is 5.86. The fraction of sp³-hybridized carbons (Fsp3) is 0.250. The van der Waals surface area contributed by atoms with E-state index in [0.29, 0.717) is 18.1 Å². The van der Waals surface area contributed by atoms with Gasteiger partial charge >= 0.3 is 0 Å². The van der Waals surface area contributed by atoms with Gasteiger partial charge in [-0.25, -0.2) is 0 Å². The summed E-state index contributed by atoms with van der Waals surface area (Å²) in [4.78, 5) is 15.7. The van der Waals surface area contributed by atoms with E-state index in [4.69, 9.17) is 4.52 Å². The van der Waals surface area contributed by atoms with E-state index in [-0.39, 0.29) is 12.5 Å². The van der Waals surface area contributed by atoms with Crippen LogP contribution >= 0.6 is 15.9 Å². The predicted molar refractivity (Wildman–Crippen MR) is 68.7 cm³/mol. The summed E-state index contributed by atoms with van der Waals surface area (Å²) in [5.74, 6) is 0.894. The molecule has 0 aliphatic carbocycles. The maximum Gasteiger partial charge on any atom is 0.246 e. The lowest BCUT2D eigenvalue weighted by Gasteiger charge is -2.03. The Kier molecular flexibility index (Phi) is 4.09. The van der Waals surface area contributed by atoms with Crippen LogP contribution in [0.25, 0.3) is 0 Å². The fourth-order valence-corrected chi connectivity index (χ4v) is 1.93. The molecule has 1 amide bonds. The van der Waals surface area contributed by atoms with Crippen LogP contribution in [0.3, 0.4) is 0 Å². The maximum absolute atomic E-state index is 11.7. The molecule has 6 heteroatoms. The first kappa shape index (κ1) is 12.8.